The van der Waals surface area contributed by atoms with Crippen LogP contribution in [0.5, 0.6) is 5.88 Å². The Bertz CT molecular complexity index is 344. The van der Waals surface area contributed by atoms with Gasteiger partial charge in [0.05, 0.1) is 13.2 Å². The average Bonchev–Trinajstić information content (AvgIpc) is 2.28. The molecule has 1 heterocycles. The summed E-state index contributed by atoms with van der Waals surface area (Å²) in [5, 5.41) is 0. The number of hydrogen-bond donors (Lipinski definition) is 0. The second kappa shape index (κ2) is 7.34. The zero-order valence-corrected chi connectivity index (χ0v) is 10.5. The Morgan fingerprint density at radius 3 is 2.94 bits per heavy atom. The van der Waals surface area contributed by atoms with Crippen LogP contribution in [-0.4, -0.2) is 37.4 Å². The molecule has 0 radical (unpaired) electrons. The van der Waals surface area contributed by atoms with Crippen LogP contribution in [0.15, 0.2) is 18.3 Å². The van der Waals surface area contributed by atoms with Gasteiger partial charge in [-0.3, -0.25) is 0 Å². The highest BCUT2D eigenvalue weighted by Crippen LogP contribution is 2.11. The van der Waals surface area contributed by atoms with Crippen LogP contribution in [0.1, 0.15) is 5.56 Å². The highest BCUT2D eigenvalue weighted by Gasteiger charge is 2.01. The van der Waals surface area contributed by atoms with E-state index in [9.17, 15) is 0 Å². The summed E-state index contributed by atoms with van der Waals surface area (Å²) in [6.45, 7) is 3.33. The monoisotopic (exact) mass is 241 g/mol. The van der Waals surface area contributed by atoms with Crippen molar-refractivity contribution in [2.45, 2.75) is 6.92 Å². The van der Waals surface area contributed by atoms with Gasteiger partial charge in [0, 0.05) is 18.9 Å². The van der Waals surface area contributed by atoms with Crippen LogP contribution in [0.4, 0.5) is 0 Å². The van der Waals surface area contributed by atoms with E-state index in [4.69, 9.17) is 14.2 Å². The van der Waals surface area contributed by atoms with Gasteiger partial charge in [0.15, 0.2) is 0 Å². The molecule has 0 aromatic carbocycles. The highest BCUT2D eigenvalue weighted by molar-refractivity contribution is 7.20. The standard InChI is InChI=1S/C11H16NO3P/c1-9-4-3-5-12-11(9)15-8-10(16)14-7-6-13-2/h3-5,16H,6-8H2,1-2H3. The maximum absolute atomic E-state index is 5.47. The minimum absolute atomic E-state index is 0.332. The van der Waals surface area contributed by atoms with E-state index in [1.807, 2.05) is 19.1 Å². The highest BCUT2D eigenvalue weighted by atomic mass is 31.0. The molecule has 0 amide bonds. The average molecular weight is 241 g/mol. The largest absolute Gasteiger partial charge is 0.470 e. The predicted octanol–water partition coefficient (Wildman–Crippen LogP) is 1.70. The SMILES string of the molecule is COCCOC(=P)COc1ncccc1C. The first-order valence-corrected chi connectivity index (χ1v) is 5.47. The summed E-state index contributed by atoms with van der Waals surface area (Å²) in [4.78, 5) is 4.11. The maximum Gasteiger partial charge on any atom is 0.216 e. The van der Waals surface area contributed by atoms with Crippen molar-refractivity contribution in [1.82, 2.24) is 4.98 Å². The molecule has 5 heteroatoms. The van der Waals surface area contributed by atoms with Crippen molar-refractivity contribution in [3.63, 3.8) is 0 Å². The van der Waals surface area contributed by atoms with E-state index in [2.05, 4.69) is 13.8 Å². The predicted molar refractivity (Wildman–Crippen MR) is 65.6 cm³/mol. The molecule has 1 aromatic rings. The molecule has 0 spiro atoms. The zero-order valence-electron chi connectivity index (χ0n) is 9.53. The van der Waals surface area contributed by atoms with E-state index in [0.29, 0.717) is 31.2 Å². The summed E-state index contributed by atoms with van der Waals surface area (Å²) in [5.74, 6) is 0.619. The van der Waals surface area contributed by atoms with Crippen molar-refractivity contribution in [2.24, 2.45) is 0 Å². The first-order valence-electron chi connectivity index (χ1n) is 4.97. The van der Waals surface area contributed by atoms with E-state index in [-0.39, 0.29) is 0 Å². The van der Waals surface area contributed by atoms with Crippen LogP contribution in [0.25, 0.3) is 0 Å². The Labute approximate surface area is 97.8 Å². The summed E-state index contributed by atoms with van der Waals surface area (Å²) in [7, 11) is 4.96. The Balaban J connectivity index is 2.29. The normalized spacial score (nSPS) is 10.1. The third-order valence-electron chi connectivity index (χ3n) is 1.87. The van der Waals surface area contributed by atoms with Crippen LogP contribution in [0, 0.1) is 6.92 Å². The summed E-state index contributed by atoms with van der Waals surface area (Å²) < 4.78 is 15.6. The van der Waals surface area contributed by atoms with Gasteiger partial charge in [0.2, 0.25) is 5.88 Å². The van der Waals surface area contributed by atoms with E-state index in [0.717, 1.165) is 5.56 Å². The summed E-state index contributed by atoms with van der Waals surface area (Å²) >= 11 is 0. The molecule has 0 aliphatic carbocycles. The molecule has 4 nitrogen and oxygen atoms in total. The van der Waals surface area contributed by atoms with Gasteiger partial charge in [-0.05, 0) is 13.0 Å². The van der Waals surface area contributed by atoms with Crippen LogP contribution < -0.4 is 4.74 Å². The van der Waals surface area contributed by atoms with Crippen molar-refractivity contribution in [3.8, 4) is 5.88 Å². The fourth-order valence-corrected chi connectivity index (χ4v) is 1.22. The number of nitrogens with zero attached hydrogens (tertiary/aromatic N) is 1. The second-order valence-corrected chi connectivity index (χ2v) is 3.74. The Morgan fingerprint density at radius 1 is 1.44 bits per heavy atom. The minimum atomic E-state index is 0.332. The number of pyridine rings is 1. The third kappa shape index (κ3) is 4.71. The molecule has 16 heavy (non-hydrogen) atoms. The van der Waals surface area contributed by atoms with Crippen molar-refractivity contribution in [3.05, 3.63) is 23.9 Å². The summed E-state index contributed by atoms with van der Waals surface area (Å²) in [6, 6.07) is 3.82. The van der Waals surface area contributed by atoms with Crippen molar-refractivity contribution >= 4 is 14.3 Å². The smallest absolute Gasteiger partial charge is 0.216 e. The number of methoxy groups -OCH3 is 1. The molecule has 0 aliphatic rings. The summed E-state index contributed by atoms with van der Waals surface area (Å²) in [5.41, 5.74) is 1.63. The molecule has 0 bridgehead atoms. The van der Waals surface area contributed by atoms with Gasteiger partial charge < -0.3 is 14.2 Å². The lowest BCUT2D eigenvalue weighted by Crippen LogP contribution is -2.15. The van der Waals surface area contributed by atoms with Crippen LogP contribution in [0.2, 0.25) is 0 Å². The Kier molecular flexibility index (Phi) is 6.01. The minimum Gasteiger partial charge on any atom is -0.470 e. The fraction of sp³-hybridized carbons (Fsp3) is 0.455. The molecule has 1 rings (SSSR count). The lowest BCUT2D eigenvalue weighted by atomic mass is 10.3. The molecule has 88 valence electrons. The number of rotatable bonds is 7. The van der Waals surface area contributed by atoms with E-state index in [1.54, 1.807) is 13.3 Å². The van der Waals surface area contributed by atoms with Gasteiger partial charge in [0.1, 0.15) is 12.1 Å². The molecule has 0 atom stereocenters. The molecule has 0 unspecified atom stereocenters. The van der Waals surface area contributed by atoms with Gasteiger partial charge in [-0.25, -0.2) is 4.98 Å². The van der Waals surface area contributed by atoms with Gasteiger partial charge in [-0.2, -0.15) is 0 Å². The van der Waals surface area contributed by atoms with Crippen LogP contribution >= 0.6 is 8.86 Å². The van der Waals surface area contributed by atoms with E-state index < -0.39 is 0 Å². The first kappa shape index (κ1) is 13.1. The second-order valence-electron chi connectivity index (χ2n) is 3.18. The topological polar surface area (TPSA) is 40.6 Å². The van der Waals surface area contributed by atoms with Crippen molar-refractivity contribution < 1.29 is 14.2 Å². The molecule has 0 fully saturated rings. The van der Waals surface area contributed by atoms with E-state index in [1.165, 1.54) is 0 Å². The number of aromatic nitrogens is 1. The van der Waals surface area contributed by atoms with Gasteiger partial charge >= 0.3 is 0 Å². The molecule has 0 N–H and O–H groups in total. The van der Waals surface area contributed by atoms with Crippen LogP contribution in [0.3, 0.4) is 0 Å². The maximum atomic E-state index is 5.47. The van der Waals surface area contributed by atoms with E-state index >= 15 is 0 Å². The quantitative estimate of drug-likeness (QED) is 0.538. The van der Waals surface area contributed by atoms with Crippen molar-refractivity contribution in [1.29, 1.82) is 0 Å². The Hall–Kier alpha value is -0.960. The molecule has 1 aromatic heterocycles. The number of aryl methyl sites for hydroxylation is 1. The number of ether oxygens (including phenoxy) is 3. The number of hydrogen-bond acceptors (Lipinski definition) is 4. The molecular weight excluding hydrogens is 225 g/mol. The van der Waals surface area contributed by atoms with Gasteiger partial charge in [0.25, 0.3) is 0 Å². The fourth-order valence-electron chi connectivity index (χ4n) is 1.05. The molecular formula is C11H16NO3P. The van der Waals surface area contributed by atoms with Crippen molar-refractivity contribution in [2.75, 3.05) is 26.9 Å². The van der Waals surface area contributed by atoms with Crippen LogP contribution in [-0.2, 0) is 9.47 Å². The lowest BCUT2D eigenvalue weighted by Gasteiger charge is -2.09. The summed E-state index contributed by atoms with van der Waals surface area (Å²) in [6.07, 6.45) is 1.70. The molecule has 0 aliphatic heterocycles. The zero-order chi connectivity index (χ0) is 11.8. The molecule has 0 saturated carbocycles. The lowest BCUT2D eigenvalue weighted by molar-refractivity contribution is 0.138. The molecule has 0 saturated heterocycles. The van der Waals surface area contributed by atoms with Gasteiger partial charge in [-0.1, -0.05) is 14.9 Å². The van der Waals surface area contributed by atoms with Gasteiger partial charge in [-0.15, -0.1) is 0 Å². The Morgan fingerprint density at radius 2 is 2.25 bits per heavy atom. The first-order chi connectivity index (χ1) is 7.74. The third-order valence-corrected chi connectivity index (χ3v) is 2.15.